The molecule has 0 unspecified atom stereocenters. The van der Waals surface area contributed by atoms with Crippen LogP contribution < -0.4 is 0 Å². The number of hydrogen-bond acceptors (Lipinski definition) is 1. The molecule has 0 bridgehead atoms. The van der Waals surface area contributed by atoms with E-state index in [2.05, 4.69) is 23.8 Å². The summed E-state index contributed by atoms with van der Waals surface area (Å²) in [6.07, 6.45) is 2.02. The Morgan fingerprint density at radius 3 is 2.92 bits per heavy atom. The van der Waals surface area contributed by atoms with Gasteiger partial charge in [0.05, 0.1) is 5.52 Å². The summed E-state index contributed by atoms with van der Waals surface area (Å²) in [5, 5.41) is 5.56. The van der Waals surface area contributed by atoms with Crippen molar-refractivity contribution in [3.05, 3.63) is 36.5 Å². The fraction of sp³-hybridized carbons (Fsp3) is 0.182. The van der Waals surface area contributed by atoms with E-state index in [4.69, 9.17) is 0 Å². The molecule has 0 amide bonds. The Bertz CT molecular complexity index is 466. The Labute approximate surface area is 77.5 Å². The molecule has 0 atom stereocenters. The molecule has 13 heavy (non-hydrogen) atoms. The maximum absolute atomic E-state index is 4.39. The Hall–Kier alpha value is -1.57. The van der Waals surface area contributed by atoms with Crippen LogP contribution in [-0.2, 0) is 7.05 Å². The molecule has 2 aromatic rings. The van der Waals surface area contributed by atoms with Crippen LogP contribution in [-0.4, -0.2) is 9.78 Å². The van der Waals surface area contributed by atoms with Gasteiger partial charge in [-0.15, -0.1) is 0 Å². The fourth-order valence-electron chi connectivity index (χ4n) is 1.51. The van der Waals surface area contributed by atoms with Crippen molar-refractivity contribution >= 4 is 16.5 Å². The van der Waals surface area contributed by atoms with E-state index in [0.29, 0.717) is 0 Å². The van der Waals surface area contributed by atoms with Crippen molar-refractivity contribution in [2.75, 3.05) is 0 Å². The van der Waals surface area contributed by atoms with E-state index >= 15 is 0 Å². The van der Waals surface area contributed by atoms with Crippen molar-refractivity contribution in [1.82, 2.24) is 9.78 Å². The maximum atomic E-state index is 4.39. The van der Waals surface area contributed by atoms with E-state index in [1.54, 1.807) is 0 Å². The summed E-state index contributed by atoms with van der Waals surface area (Å²) in [4.78, 5) is 0. The molecule has 0 aliphatic carbocycles. The minimum atomic E-state index is 1.04. The first-order valence-electron chi connectivity index (χ1n) is 4.27. The number of nitrogens with zero attached hydrogens (tertiary/aromatic N) is 2. The molecule has 0 aliphatic rings. The van der Waals surface area contributed by atoms with E-state index in [1.807, 2.05) is 30.9 Å². The quantitative estimate of drug-likeness (QED) is 0.646. The van der Waals surface area contributed by atoms with Crippen LogP contribution in [0.5, 0.6) is 0 Å². The molecule has 0 aliphatic heterocycles. The average molecular weight is 172 g/mol. The third-order valence-electron chi connectivity index (χ3n) is 2.11. The maximum Gasteiger partial charge on any atom is 0.0997 e. The summed E-state index contributed by atoms with van der Waals surface area (Å²) in [5.41, 5.74) is 3.24. The van der Waals surface area contributed by atoms with Crippen molar-refractivity contribution in [2.24, 2.45) is 7.05 Å². The average Bonchev–Trinajstić information content (AvgIpc) is 2.43. The Morgan fingerprint density at radius 2 is 2.23 bits per heavy atom. The van der Waals surface area contributed by atoms with Crippen LogP contribution in [0.2, 0.25) is 0 Å². The molecule has 0 spiro atoms. The third-order valence-corrected chi connectivity index (χ3v) is 2.11. The molecule has 2 rings (SSSR count). The zero-order valence-corrected chi connectivity index (χ0v) is 7.91. The predicted molar refractivity (Wildman–Crippen MR) is 55.4 cm³/mol. The molecule has 1 aromatic heterocycles. The molecule has 1 heterocycles. The highest BCUT2D eigenvalue weighted by atomic mass is 15.2. The van der Waals surface area contributed by atoms with Crippen LogP contribution in [0, 0.1) is 0 Å². The number of aromatic nitrogens is 2. The number of aryl methyl sites for hydroxylation is 1. The summed E-state index contributed by atoms with van der Waals surface area (Å²) in [6.45, 7) is 5.94. The number of allylic oxidation sites excluding steroid dienone is 1. The molecule has 0 fully saturated rings. The highest BCUT2D eigenvalue weighted by molar-refractivity contribution is 5.89. The minimum absolute atomic E-state index is 1.04. The number of fused-ring (bicyclic) bond motifs is 1. The Balaban J connectivity index is 2.82. The lowest BCUT2D eigenvalue weighted by Crippen LogP contribution is -1.87. The molecule has 0 saturated carbocycles. The van der Waals surface area contributed by atoms with E-state index < -0.39 is 0 Å². The molecular weight excluding hydrogens is 160 g/mol. The normalized spacial score (nSPS) is 10.6. The van der Waals surface area contributed by atoms with Crippen LogP contribution in [0.25, 0.3) is 16.5 Å². The lowest BCUT2D eigenvalue weighted by Gasteiger charge is -1.98. The second-order valence-electron chi connectivity index (χ2n) is 3.33. The summed E-state index contributed by atoms with van der Waals surface area (Å²) in [7, 11) is 1.93. The largest absolute Gasteiger partial charge is 0.275 e. The summed E-state index contributed by atoms with van der Waals surface area (Å²) < 4.78 is 1.83. The van der Waals surface area contributed by atoms with Crippen LogP contribution in [0.3, 0.4) is 0 Å². The Kier molecular flexibility index (Phi) is 1.69. The second-order valence-corrected chi connectivity index (χ2v) is 3.33. The SMILES string of the molecule is C=C(C)c1cccc2cn(C)nc12. The molecule has 0 saturated heterocycles. The van der Waals surface area contributed by atoms with Gasteiger partial charge < -0.3 is 0 Å². The molecule has 66 valence electrons. The highest BCUT2D eigenvalue weighted by Crippen LogP contribution is 2.21. The lowest BCUT2D eigenvalue weighted by atomic mass is 10.1. The highest BCUT2D eigenvalue weighted by Gasteiger charge is 2.03. The topological polar surface area (TPSA) is 17.8 Å². The van der Waals surface area contributed by atoms with Crippen molar-refractivity contribution in [3.63, 3.8) is 0 Å². The molecule has 1 aromatic carbocycles. The number of rotatable bonds is 1. The van der Waals surface area contributed by atoms with Gasteiger partial charge in [0.25, 0.3) is 0 Å². The molecule has 2 nitrogen and oxygen atoms in total. The van der Waals surface area contributed by atoms with Crippen molar-refractivity contribution in [2.45, 2.75) is 6.92 Å². The van der Waals surface area contributed by atoms with E-state index in [0.717, 1.165) is 16.7 Å². The molecule has 2 heteroatoms. The van der Waals surface area contributed by atoms with Gasteiger partial charge in [-0.1, -0.05) is 24.8 Å². The first-order valence-corrected chi connectivity index (χ1v) is 4.27. The summed E-state index contributed by atoms with van der Waals surface area (Å²) in [6, 6.07) is 6.15. The van der Waals surface area contributed by atoms with Crippen LogP contribution >= 0.6 is 0 Å². The molecule has 0 radical (unpaired) electrons. The van der Waals surface area contributed by atoms with Crippen LogP contribution in [0.4, 0.5) is 0 Å². The van der Waals surface area contributed by atoms with Crippen molar-refractivity contribution in [3.8, 4) is 0 Å². The first kappa shape index (κ1) is 8.05. The minimum Gasteiger partial charge on any atom is -0.275 e. The van der Waals surface area contributed by atoms with Gasteiger partial charge in [-0.2, -0.15) is 5.10 Å². The van der Waals surface area contributed by atoms with Gasteiger partial charge in [-0.25, -0.2) is 0 Å². The summed E-state index contributed by atoms with van der Waals surface area (Å²) >= 11 is 0. The third kappa shape index (κ3) is 1.24. The van der Waals surface area contributed by atoms with Gasteiger partial charge in [-0.3, -0.25) is 4.68 Å². The van der Waals surface area contributed by atoms with Crippen LogP contribution in [0.15, 0.2) is 31.0 Å². The number of benzene rings is 1. The predicted octanol–water partition coefficient (Wildman–Crippen LogP) is 2.61. The van der Waals surface area contributed by atoms with Gasteiger partial charge in [0.2, 0.25) is 0 Å². The number of hydrogen-bond donors (Lipinski definition) is 0. The fourth-order valence-corrected chi connectivity index (χ4v) is 1.51. The van der Waals surface area contributed by atoms with E-state index in [-0.39, 0.29) is 0 Å². The zero-order valence-electron chi connectivity index (χ0n) is 7.91. The smallest absolute Gasteiger partial charge is 0.0997 e. The monoisotopic (exact) mass is 172 g/mol. The van der Waals surface area contributed by atoms with Gasteiger partial charge in [0, 0.05) is 24.2 Å². The summed E-state index contributed by atoms with van der Waals surface area (Å²) in [5.74, 6) is 0. The second kappa shape index (κ2) is 2.73. The van der Waals surface area contributed by atoms with E-state index in [9.17, 15) is 0 Å². The van der Waals surface area contributed by atoms with E-state index in [1.165, 1.54) is 5.39 Å². The van der Waals surface area contributed by atoms with Gasteiger partial charge in [-0.05, 0) is 12.5 Å². The van der Waals surface area contributed by atoms with Gasteiger partial charge in [0.15, 0.2) is 0 Å². The first-order chi connectivity index (χ1) is 6.18. The standard InChI is InChI=1S/C11H12N2/c1-8(2)10-6-4-5-9-7-13(3)12-11(9)10/h4-7H,1H2,2-3H3. The Morgan fingerprint density at radius 1 is 1.46 bits per heavy atom. The zero-order chi connectivity index (χ0) is 9.42. The van der Waals surface area contributed by atoms with Crippen molar-refractivity contribution in [1.29, 1.82) is 0 Å². The van der Waals surface area contributed by atoms with Crippen LogP contribution in [0.1, 0.15) is 12.5 Å². The molecule has 0 N–H and O–H groups in total. The van der Waals surface area contributed by atoms with Crippen molar-refractivity contribution < 1.29 is 0 Å². The lowest BCUT2D eigenvalue weighted by molar-refractivity contribution is 0.779. The van der Waals surface area contributed by atoms with Gasteiger partial charge in [0.1, 0.15) is 0 Å². The van der Waals surface area contributed by atoms with Gasteiger partial charge >= 0.3 is 0 Å². The molecular formula is C11H12N2.